The molecule has 1 saturated heterocycles. The Hall–Kier alpha value is -3.17. The van der Waals surface area contributed by atoms with Gasteiger partial charge in [-0.15, -0.1) is 0 Å². The van der Waals surface area contributed by atoms with Gasteiger partial charge in [0.2, 0.25) is 11.8 Å². The summed E-state index contributed by atoms with van der Waals surface area (Å²) in [6.45, 7) is 0.317. The monoisotopic (exact) mass is 448 g/mol. The van der Waals surface area contributed by atoms with Crippen LogP contribution in [0.15, 0.2) is 30.3 Å². The van der Waals surface area contributed by atoms with Gasteiger partial charge in [0.25, 0.3) is 0 Å². The number of hydrogen-bond donors (Lipinski definition) is 1. The van der Waals surface area contributed by atoms with E-state index in [0.29, 0.717) is 17.1 Å². The van der Waals surface area contributed by atoms with E-state index in [0.717, 1.165) is 18.9 Å². The highest BCUT2D eigenvalue weighted by molar-refractivity contribution is 6.00. The van der Waals surface area contributed by atoms with Crippen molar-refractivity contribution in [3.05, 3.63) is 47.5 Å². The zero-order chi connectivity index (χ0) is 22.9. The lowest BCUT2D eigenvalue weighted by Gasteiger charge is -2.17. The van der Waals surface area contributed by atoms with Crippen molar-refractivity contribution in [2.45, 2.75) is 37.8 Å². The molecule has 2 aliphatic rings. The van der Waals surface area contributed by atoms with E-state index in [1.54, 1.807) is 24.3 Å². The molecule has 1 aliphatic heterocycles. The summed E-state index contributed by atoms with van der Waals surface area (Å²) < 4.78 is 44.6. The van der Waals surface area contributed by atoms with E-state index in [1.807, 2.05) is 0 Å². The number of methoxy groups -OCH3 is 1. The highest BCUT2D eigenvalue weighted by Gasteiger charge is 2.37. The average molecular weight is 448 g/mol. The van der Waals surface area contributed by atoms with Crippen LogP contribution in [-0.4, -0.2) is 42.0 Å². The first-order valence-electron chi connectivity index (χ1n) is 10.4. The maximum absolute atomic E-state index is 13.1. The van der Waals surface area contributed by atoms with Gasteiger partial charge in [-0.2, -0.15) is 13.2 Å². The summed E-state index contributed by atoms with van der Waals surface area (Å²) in [5.74, 6) is -0.318. The number of anilines is 1. The first-order chi connectivity index (χ1) is 15.2. The summed E-state index contributed by atoms with van der Waals surface area (Å²) >= 11 is 0. The van der Waals surface area contributed by atoms with E-state index in [1.165, 1.54) is 12.0 Å². The molecule has 1 aliphatic carbocycles. The number of alkyl halides is 3. The molecule has 2 aromatic rings. The molecule has 0 spiro atoms. The molecule has 1 saturated carbocycles. The maximum Gasteiger partial charge on any atom is 0.433 e. The van der Waals surface area contributed by atoms with E-state index < -0.39 is 17.8 Å². The molecular weight excluding hydrogens is 425 g/mol. The van der Waals surface area contributed by atoms with Crippen molar-refractivity contribution in [1.29, 1.82) is 0 Å². The normalized spacial score (nSPS) is 18.7. The topological polar surface area (TPSA) is 84.4 Å². The first kappa shape index (κ1) is 22.0. The second-order valence-corrected chi connectivity index (χ2v) is 8.01. The van der Waals surface area contributed by atoms with Gasteiger partial charge in [-0.25, -0.2) is 9.97 Å². The van der Waals surface area contributed by atoms with E-state index in [4.69, 9.17) is 4.74 Å². The molecule has 4 rings (SSSR count). The smallest absolute Gasteiger partial charge is 0.433 e. The molecule has 1 N–H and O–H groups in total. The molecule has 10 heteroatoms. The largest absolute Gasteiger partial charge is 0.497 e. The third-order valence-corrected chi connectivity index (χ3v) is 5.59. The van der Waals surface area contributed by atoms with Crippen LogP contribution in [0.1, 0.15) is 42.4 Å². The number of nitrogens with one attached hydrogen (secondary N) is 1. The van der Waals surface area contributed by atoms with Crippen LogP contribution in [0, 0.1) is 5.92 Å². The van der Waals surface area contributed by atoms with Crippen LogP contribution < -0.4 is 15.0 Å². The van der Waals surface area contributed by atoms with Crippen molar-refractivity contribution in [3.63, 3.8) is 0 Å². The van der Waals surface area contributed by atoms with Gasteiger partial charge in [0.1, 0.15) is 17.3 Å². The fourth-order valence-corrected chi connectivity index (χ4v) is 3.72. The van der Waals surface area contributed by atoms with Crippen molar-refractivity contribution < 1.29 is 27.5 Å². The minimum Gasteiger partial charge on any atom is -0.497 e. The number of amides is 2. The van der Waals surface area contributed by atoms with Crippen LogP contribution in [0.25, 0.3) is 0 Å². The Morgan fingerprint density at radius 1 is 1.25 bits per heavy atom. The summed E-state index contributed by atoms with van der Waals surface area (Å²) in [7, 11) is 1.53. The molecule has 2 heterocycles. The third kappa shape index (κ3) is 5.00. The number of ether oxygens (including phenoxy) is 1. The molecule has 0 radical (unpaired) electrons. The Labute approximate surface area is 183 Å². The predicted octanol–water partition coefficient (Wildman–Crippen LogP) is 3.09. The maximum atomic E-state index is 13.1. The Morgan fingerprint density at radius 2 is 2.03 bits per heavy atom. The molecule has 2 fully saturated rings. The lowest BCUT2D eigenvalue weighted by atomic mass is 10.1. The SMILES string of the molecule is COc1cccc(N2C[C@@H](C(=O)NCCc3nc(C4CC4)cc(C(F)(F)F)n3)CC2=O)c1. The summed E-state index contributed by atoms with van der Waals surface area (Å²) in [4.78, 5) is 34.4. The standard InChI is InChI=1S/C22H23F3N4O3/c1-32-16-4-2-3-15(10-16)29-12-14(9-20(29)30)21(31)26-8-7-19-27-17(13-5-6-13)11-18(28-19)22(23,24)25/h2-4,10-11,13-14H,5-9,12H2,1H3,(H,26,31)/t14-/m0/s1. The van der Waals surface area contributed by atoms with E-state index >= 15 is 0 Å². The summed E-state index contributed by atoms with van der Waals surface area (Å²) in [6, 6.07) is 8.03. The minimum atomic E-state index is -4.54. The fraction of sp³-hybridized carbons (Fsp3) is 0.455. The molecule has 1 aromatic heterocycles. The first-order valence-corrected chi connectivity index (χ1v) is 10.4. The van der Waals surface area contributed by atoms with Crippen molar-refractivity contribution in [2.24, 2.45) is 5.92 Å². The van der Waals surface area contributed by atoms with Crippen LogP contribution in [0.2, 0.25) is 0 Å². The van der Waals surface area contributed by atoms with Crippen LogP contribution in [-0.2, 0) is 22.2 Å². The predicted molar refractivity (Wildman–Crippen MR) is 109 cm³/mol. The Kier molecular flexibility index (Phi) is 6.03. The van der Waals surface area contributed by atoms with E-state index in [2.05, 4.69) is 15.3 Å². The number of nitrogens with zero attached hydrogens (tertiary/aromatic N) is 3. The fourth-order valence-electron chi connectivity index (χ4n) is 3.72. The highest BCUT2D eigenvalue weighted by atomic mass is 19.4. The third-order valence-electron chi connectivity index (χ3n) is 5.59. The number of hydrogen-bond acceptors (Lipinski definition) is 5. The van der Waals surface area contributed by atoms with Crippen molar-refractivity contribution in [3.8, 4) is 5.75 Å². The van der Waals surface area contributed by atoms with E-state index in [-0.39, 0.29) is 49.5 Å². The Bertz CT molecular complexity index is 1020. The molecule has 7 nitrogen and oxygen atoms in total. The number of benzene rings is 1. The number of rotatable bonds is 7. The summed E-state index contributed by atoms with van der Waals surface area (Å²) in [5, 5.41) is 2.71. The van der Waals surface area contributed by atoms with Crippen LogP contribution in [0.4, 0.5) is 18.9 Å². The lowest BCUT2D eigenvalue weighted by molar-refractivity contribution is -0.141. The number of aromatic nitrogens is 2. The van der Waals surface area contributed by atoms with Gasteiger partial charge in [0.05, 0.1) is 13.0 Å². The number of carbonyl (C=O) groups is 2. The molecule has 170 valence electrons. The highest BCUT2D eigenvalue weighted by Crippen LogP contribution is 2.40. The molecule has 0 unspecified atom stereocenters. The summed E-state index contributed by atoms with van der Waals surface area (Å²) in [6.07, 6.45) is -2.75. The molecule has 0 bridgehead atoms. The van der Waals surface area contributed by atoms with Gasteiger partial charge in [-0.1, -0.05) is 6.07 Å². The zero-order valence-electron chi connectivity index (χ0n) is 17.5. The average Bonchev–Trinajstić information content (AvgIpc) is 3.54. The molecule has 32 heavy (non-hydrogen) atoms. The van der Waals surface area contributed by atoms with Crippen molar-refractivity contribution in [2.75, 3.05) is 25.1 Å². The van der Waals surface area contributed by atoms with Crippen molar-refractivity contribution >= 4 is 17.5 Å². The number of carbonyl (C=O) groups excluding carboxylic acids is 2. The van der Waals surface area contributed by atoms with Crippen molar-refractivity contribution in [1.82, 2.24) is 15.3 Å². The van der Waals surface area contributed by atoms with Gasteiger partial charge in [0, 0.05) is 49.3 Å². The minimum absolute atomic E-state index is 0.0551. The second-order valence-electron chi connectivity index (χ2n) is 8.01. The molecule has 2 amide bonds. The van der Waals surface area contributed by atoms with Gasteiger partial charge >= 0.3 is 6.18 Å². The summed E-state index contributed by atoms with van der Waals surface area (Å²) in [5.41, 5.74) is 0.102. The van der Waals surface area contributed by atoms with Gasteiger partial charge in [0.15, 0.2) is 0 Å². The van der Waals surface area contributed by atoms with Crippen LogP contribution in [0.3, 0.4) is 0 Å². The molecule has 1 aromatic carbocycles. The van der Waals surface area contributed by atoms with Gasteiger partial charge in [-0.05, 0) is 31.0 Å². The van der Waals surface area contributed by atoms with Crippen LogP contribution in [0.5, 0.6) is 5.75 Å². The molecule has 1 atom stereocenters. The second kappa shape index (κ2) is 8.76. The number of halogens is 3. The lowest BCUT2D eigenvalue weighted by Crippen LogP contribution is -2.34. The van der Waals surface area contributed by atoms with E-state index in [9.17, 15) is 22.8 Å². The Balaban J connectivity index is 1.35. The quantitative estimate of drug-likeness (QED) is 0.704. The van der Waals surface area contributed by atoms with Crippen LogP contribution >= 0.6 is 0 Å². The zero-order valence-corrected chi connectivity index (χ0v) is 17.5. The van der Waals surface area contributed by atoms with Gasteiger partial charge in [-0.3, -0.25) is 9.59 Å². The Morgan fingerprint density at radius 3 is 2.72 bits per heavy atom. The van der Waals surface area contributed by atoms with Gasteiger partial charge < -0.3 is 15.0 Å². The molecular formula is C22H23F3N4O3.